The van der Waals surface area contributed by atoms with Crippen molar-refractivity contribution in [1.82, 2.24) is 14.9 Å². The van der Waals surface area contributed by atoms with Gasteiger partial charge in [-0.05, 0) is 67.9 Å². The molecule has 1 aliphatic heterocycles. The van der Waals surface area contributed by atoms with Crippen molar-refractivity contribution in [2.75, 3.05) is 31.1 Å². The van der Waals surface area contributed by atoms with Crippen LogP contribution in [0.15, 0.2) is 31.0 Å². The first-order chi connectivity index (χ1) is 16.6. The Bertz CT molecular complexity index is 1130. The maximum absolute atomic E-state index is 12.8. The molecule has 2 aromatic rings. The van der Waals surface area contributed by atoms with Gasteiger partial charge in [-0.15, -0.1) is 0 Å². The number of hydrogen-bond donors (Lipinski definition) is 1. The number of rotatable bonds is 8. The van der Waals surface area contributed by atoms with Crippen LogP contribution in [0.4, 0.5) is 5.82 Å². The van der Waals surface area contributed by atoms with Gasteiger partial charge < -0.3 is 14.9 Å². The number of piperazine rings is 1. The molecule has 0 spiro atoms. The van der Waals surface area contributed by atoms with Crippen LogP contribution in [0.2, 0.25) is 0 Å². The summed E-state index contributed by atoms with van der Waals surface area (Å²) >= 11 is 0. The van der Waals surface area contributed by atoms with E-state index in [1.165, 1.54) is 0 Å². The van der Waals surface area contributed by atoms with Gasteiger partial charge >= 0.3 is 0 Å². The number of nitrogens with zero attached hydrogens (tertiary/aromatic N) is 5. The smallest absolute Gasteiger partial charge is 0.223 e. The minimum Gasteiger partial charge on any atom is -0.396 e. The van der Waals surface area contributed by atoms with E-state index < -0.39 is 0 Å². The average molecular weight is 458 g/mol. The first kappa shape index (κ1) is 22.5. The zero-order valence-electron chi connectivity index (χ0n) is 19.5. The summed E-state index contributed by atoms with van der Waals surface area (Å²) in [4.78, 5) is 26.5. The minimum absolute atomic E-state index is 0.0390. The Labute approximate surface area is 200 Å². The third-order valence-corrected chi connectivity index (χ3v) is 7.17. The number of aliphatic hydroxyl groups excluding tert-OH is 1. The number of carbonyl (C=O) groups is 1. The number of aromatic nitrogens is 2. The molecule has 1 N–H and O–H groups in total. The number of anilines is 1. The number of aliphatic hydroxyl groups is 1. The van der Waals surface area contributed by atoms with E-state index >= 15 is 0 Å². The van der Waals surface area contributed by atoms with Crippen LogP contribution in [-0.4, -0.2) is 58.2 Å². The van der Waals surface area contributed by atoms with E-state index in [-0.39, 0.29) is 18.6 Å². The third-order valence-electron chi connectivity index (χ3n) is 7.17. The number of amides is 1. The van der Waals surface area contributed by atoms with Gasteiger partial charge in [0.05, 0.1) is 23.0 Å². The Morgan fingerprint density at radius 1 is 1.26 bits per heavy atom. The van der Waals surface area contributed by atoms with Crippen LogP contribution in [0, 0.1) is 17.2 Å². The van der Waals surface area contributed by atoms with Gasteiger partial charge in [0.2, 0.25) is 5.91 Å². The third kappa shape index (κ3) is 4.55. The highest BCUT2D eigenvalue weighted by atomic mass is 16.3. The van der Waals surface area contributed by atoms with E-state index in [9.17, 15) is 10.1 Å². The molecular formula is C27H31N5O2. The minimum atomic E-state index is 0.0390. The summed E-state index contributed by atoms with van der Waals surface area (Å²) in [5, 5.41) is 19.2. The second-order valence-corrected chi connectivity index (χ2v) is 9.62. The molecule has 2 aliphatic carbocycles. The van der Waals surface area contributed by atoms with Crippen molar-refractivity contribution < 1.29 is 9.90 Å². The van der Waals surface area contributed by atoms with Crippen LogP contribution >= 0.6 is 0 Å². The fourth-order valence-corrected chi connectivity index (χ4v) is 5.04. The largest absolute Gasteiger partial charge is 0.396 e. The molecule has 3 aliphatic rings. The van der Waals surface area contributed by atoms with Crippen molar-refractivity contribution in [2.24, 2.45) is 5.92 Å². The number of pyridine rings is 2. The second-order valence-electron chi connectivity index (χ2n) is 9.62. The van der Waals surface area contributed by atoms with Crippen molar-refractivity contribution in [3.8, 4) is 17.2 Å². The lowest BCUT2D eigenvalue weighted by Gasteiger charge is -2.42. The SMILES string of the molecule is C=Cc1cc(-c2cc(C#N)c(N3CCN(C(=O)CCCO)C(C4CC4)C3)nc2C2CC2)ccn1. The van der Waals surface area contributed by atoms with Gasteiger partial charge in [0.25, 0.3) is 0 Å². The van der Waals surface area contributed by atoms with Crippen LogP contribution in [0.5, 0.6) is 0 Å². The van der Waals surface area contributed by atoms with Gasteiger partial charge in [-0.2, -0.15) is 5.26 Å². The molecule has 5 rings (SSSR count). The highest BCUT2D eigenvalue weighted by Crippen LogP contribution is 2.45. The fraction of sp³-hybridized carbons (Fsp3) is 0.481. The van der Waals surface area contributed by atoms with Crippen molar-refractivity contribution in [3.05, 3.63) is 47.9 Å². The summed E-state index contributed by atoms with van der Waals surface area (Å²) < 4.78 is 0. The lowest BCUT2D eigenvalue weighted by Crippen LogP contribution is -2.56. The number of hydrogen-bond acceptors (Lipinski definition) is 6. The van der Waals surface area contributed by atoms with Crippen LogP contribution < -0.4 is 4.90 Å². The van der Waals surface area contributed by atoms with Crippen molar-refractivity contribution in [2.45, 2.75) is 50.5 Å². The Kier molecular flexibility index (Phi) is 6.34. The van der Waals surface area contributed by atoms with Crippen molar-refractivity contribution >= 4 is 17.8 Å². The van der Waals surface area contributed by atoms with Gasteiger partial charge in [-0.1, -0.05) is 6.58 Å². The van der Waals surface area contributed by atoms with Gasteiger partial charge in [0.15, 0.2) is 0 Å². The van der Waals surface area contributed by atoms with Crippen molar-refractivity contribution in [1.29, 1.82) is 5.26 Å². The maximum atomic E-state index is 12.8. The molecule has 0 bridgehead atoms. The highest BCUT2D eigenvalue weighted by Gasteiger charge is 2.41. The highest BCUT2D eigenvalue weighted by molar-refractivity contribution is 5.77. The van der Waals surface area contributed by atoms with Crippen LogP contribution in [0.1, 0.15) is 61.4 Å². The van der Waals surface area contributed by atoms with Gasteiger partial charge in [0, 0.05) is 50.3 Å². The number of carbonyl (C=O) groups excluding carboxylic acids is 1. The molecule has 1 amide bonds. The summed E-state index contributed by atoms with van der Waals surface area (Å²) in [6.07, 6.45) is 8.90. The van der Waals surface area contributed by atoms with E-state index in [0.29, 0.717) is 49.9 Å². The van der Waals surface area contributed by atoms with E-state index in [1.54, 1.807) is 12.3 Å². The van der Waals surface area contributed by atoms with Crippen LogP contribution in [0.25, 0.3) is 17.2 Å². The molecule has 3 fully saturated rings. The molecule has 1 saturated heterocycles. The Morgan fingerprint density at radius 3 is 2.76 bits per heavy atom. The molecule has 0 radical (unpaired) electrons. The van der Waals surface area contributed by atoms with Gasteiger partial charge in [-0.3, -0.25) is 9.78 Å². The average Bonchev–Trinajstić information content (AvgIpc) is 3.79. The Morgan fingerprint density at radius 2 is 2.09 bits per heavy atom. The zero-order valence-corrected chi connectivity index (χ0v) is 19.5. The molecule has 2 aromatic heterocycles. The molecule has 7 heteroatoms. The van der Waals surface area contributed by atoms with Gasteiger partial charge in [0.1, 0.15) is 11.9 Å². The Hall–Kier alpha value is -3.24. The maximum Gasteiger partial charge on any atom is 0.223 e. The van der Waals surface area contributed by atoms with E-state index in [2.05, 4.69) is 22.5 Å². The lowest BCUT2D eigenvalue weighted by atomic mass is 9.98. The summed E-state index contributed by atoms with van der Waals surface area (Å²) in [5.74, 6) is 1.81. The molecule has 7 nitrogen and oxygen atoms in total. The predicted molar refractivity (Wildman–Crippen MR) is 131 cm³/mol. The first-order valence-electron chi connectivity index (χ1n) is 12.3. The number of nitriles is 1. The molecule has 176 valence electrons. The molecule has 1 unspecified atom stereocenters. The molecule has 2 saturated carbocycles. The molecule has 0 aromatic carbocycles. The van der Waals surface area contributed by atoms with E-state index in [0.717, 1.165) is 54.0 Å². The summed E-state index contributed by atoms with van der Waals surface area (Å²) in [7, 11) is 0. The van der Waals surface area contributed by atoms with E-state index in [1.807, 2.05) is 23.1 Å². The predicted octanol–water partition coefficient (Wildman–Crippen LogP) is 3.74. The molecule has 34 heavy (non-hydrogen) atoms. The topological polar surface area (TPSA) is 93.4 Å². The standard InChI is InChI=1S/C27H31N5O2/c1-2-22-14-20(9-10-29-22)23-15-21(16-28)27(30-26(23)19-7-8-19)31-11-12-32(25(34)4-3-13-33)24(17-31)18-5-6-18/h2,9-10,14-15,18-19,24,33H,1,3-8,11-13,17H2. The monoisotopic (exact) mass is 457 g/mol. The Balaban J connectivity index is 1.47. The lowest BCUT2D eigenvalue weighted by molar-refractivity contribution is -0.134. The van der Waals surface area contributed by atoms with Gasteiger partial charge in [-0.25, -0.2) is 4.98 Å². The van der Waals surface area contributed by atoms with Crippen LogP contribution in [0.3, 0.4) is 0 Å². The van der Waals surface area contributed by atoms with Crippen LogP contribution in [-0.2, 0) is 4.79 Å². The molecular weight excluding hydrogens is 426 g/mol. The molecule has 3 heterocycles. The summed E-state index contributed by atoms with van der Waals surface area (Å²) in [6.45, 7) is 5.86. The zero-order chi connectivity index (χ0) is 23.7. The fourth-order valence-electron chi connectivity index (χ4n) is 5.04. The van der Waals surface area contributed by atoms with E-state index in [4.69, 9.17) is 10.1 Å². The normalized spacial score (nSPS) is 20.2. The second kappa shape index (κ2) is 9.55. The first-order valence-corrected chi connectivity index (χ1v) is 12.3. The molecule has 1 atom stereocenters. The van der Waals surface area contributed by atoms with Crippen molar-refractivity contribution in [3.63, 3.8) is 0 Å². The summed E-state index contributed by atoms with van der Waals surface area (Å²) in [5.41, 5.74) is 4.45. The quantitative estimate of drug-likeness (QED) is 0.649. The summed E-state index contributed by atoms with van der Waals surface area (Å²) in [6, 6.07) is 8.49.